The van der Waals surface area contributed by atoms with Gasteiger partial charge in [-0.05, 0) is 44.7 Å². The molecule has 168 valence electrons. The van der Waals surface area contributed by atoms with Crippen molar-refractivity contribution in [1.29, 1.82) is 0 Å². The van der Waals surface area contributed by atoms with E-state index in [0.29, 0.717) is 12.3 Å². The lowest BCUT2D eigenvalue weighted by Gasteiger charge is -2.21. The smallest absolute Gasteiger partial charge is 0.306 e. The maximum atomic E-state index is 12.2. The fourth-order valence-corrected chi connectivity index (χ4v) is 3.59. The van der Waals surface area contributed by atoms with Gasteiger partial charge in [0.15, 0.2) is 0 Å². The monoisotopic (exact) mass is 399 g/mol. The minimum atomic E-state index is -0.00946. The van der Waals surface area contributed by atoms with Gasteiger partial charge in [0.05, 0.1) is 6.61 Å². The fraction of sp³-hybridized carbons (Fsp3) is 0.958. The van der Waals surface area contributed by atoms with Crippen LogP contribution in [-0.4, -0.2) is 48.3 Å². The van der Waals surface area contributed by atoms with E-state index in [1.54, 1.807) is 0 Å². The number of aliphatic hydroxyl groups excluding tert-OH is 1. The van der Waals surface area contributed by atoms with E-state index in [9.17, 15) is 4.79 Å². The number of esters is 1. The van der Waals surface area contributed by atoms with Crippen molar-refractivity contribution in [2.75, 3.05) is 26.2 Å². The molecular weight excluding hydrogens is 350 g/mol. The molecule has 0 aromatic carbocycles. The molecule has 0 aliphatic rings. The van der Waals surface area contributed by atoms with Crippen molar-refractivity contribution >= 4 is 5.97 Å². The lowest BCUT2D eigenvalue weighted by Crippen LogP contribution is -2.27. The highest BCUT2D eigenvalue weighted by Crippen LogP contribution is 2.18. The average molecular weight is 400 g/mol. The van der Waals surface area contributed by atoms with Gasteiger partial charge in [0, 0.05) is 13.0 Å². The van der Waals surface area contributed by atoms with Gasteiger partial charge in [0.1, 0.15) is 6.10 Å². The van der Waals surface area contributed by atoms with E-state index in [1.807, 2.05) is 0 Å². The molecule has 0 rings (SSSR count). The molecule has 28 heavy (non-hydrogen) atoms. The first kappa shape index (κ1) is 27.4. The molecule has 0 saturated heterocycles. The second kappa shape index (κ2) is 19.7. The number of carbonyl (C=O) groups is 1. The number of hydrogen-bond donors (Lipinski definition) is 1. The van der Waals surface area contributed by atoms with Crippen LogP contribution in [0.15, 0.2) is 0 Å². The molecular formula is C24H49NO3. The number of rotatable bonds is 20. The summed E-state index contributed by atoms with van der Waals surface area (Å²) >= 11 is 0. The molecule has 1 unspecified atom stereocenters. The van der Waals surface area contributed by atoms with E-state index in [0.717, 1.165) is 38.9 Å². The molecule has 4 heteroatoms. The molecule has 0 aliphatic carbocycles. The summed E-state index contributed by atoms with van der Waals surface area (Å²) < 4.78 is 5.77. The van der Waals surface area contributed by atoms with E-state index < -0.39 is 0 Å². The number of carbonyl (C=O) groups excluding carboxylic acids is 1. The Labute approximate surface area is 175 Å². The fourth-order valence-electron chi connectivity index (χ4n) is 3.59. The van der Waals surface area contributed by atoms with Crippen LogP contribution in [0.2, 0.25) is 0 Å². The number of nitrogens with zero attached hydrogens (tertiary/aromatic N) is 1. The summed E-state index contributed by atoms with van der Waals surface area (Å²) in [6, 6.07) is 0. The van der Waals surface area contributed by atoms with Crippen LogP contribution in [0.3, 0.4) is 0 Å². The van der Waals surface area contributed by atoms with Gasteiger partial charge >= 0.3 is 5.97 Å². The third-order valence-electron chi connectivity index (χ3n) is 5.59. The molecule has 0 radical (unpaired) electrons. The summed E-state index contributed by atoms with van der Waals surface area (Å²) in [5.74, 6) is 0.393. The first-order valence-corrected chi connectivity index (χ1v) is 12.1. The van der Waals surface area contributed by atoms with Crippen molar-refractivity contribution < 1.29 is 14.6 Å². The molecule has 4 nitrogen and oxygen atoms in total. The standard InChI is InChI=1S/C24H49NO3/c1-5-7-8-9-11-14-17-23(22(3)4)28-24(27)18-15-12-10-13-16-19-25(6-2)20-21-26/h22-23,26H,5-21H2,1-4H3. The maximum Gasteiger partial charge on any atom is 0.306 e. The molecule has 0 aromatic rings. The third kappa shape index (κ3) is 16.4. The predicted molar refractivity (Wildman–Crippen MR) is 120 cm³/mol. The minimum Gasteiger partial charge on any atom is -0.462 e. The van der Waals surface area contributed by atoms with Gasteiger partial charge in [-0.15, -0.1) is 0 Å². The molecule has 0 heterocycles. The van der Waals surface area contributed by atoms with Crippen LogP contribution < -0.4 is 0 Å². The van der Waals surface area contributed by atoms with Gasteiger partial charge in [0.2, 0.25) is 0 Å². The largest absolute Gasteiger partial charge is 0.462 e. The van der Waals surface area contributed by atoms with E-state index >= 15 is 0 Å². The van der Waals surface area contributed by atoms with E-state index in [-0.39, 0.29) is 18.7 Å². The van der Waals surface area contributed by atoms with Crippen molar-refractivity contribution in [3.8, 4) is 0 Å². The topological polar surface area (TPSA) is 49.8 Å². The molecule has 0 spiro atoms. The van der Waals surface area contributed by atoms with Crippen molar-refractivity contribution in [3.05, 3.63) is 0 Å². The first-order chi connectivity index (χ1) is 13.5. The summed E-state index contributed by atoms with van der Waals surface area (Å²) in [4.78, 5) is 14.5. The average Bonchev–Trinajstić information content (AvgIpc) is 2.67. The Morgan fingerprint density at radius 2 is 1.46 bits per heavy atom. The zero-order valence-electron chi connectivity index (χ0n) is 19.4. The third-order valence-corrected chi connectivity index (χ3v) is 5.59. The van der Waals surface area contributed by atoms with E-state index in [1.165, 1.54) is 57.8 Å². The lowest BCUT2D eigenvalue weighted by atomic mass is 9.99. The molecule has 0 fully saturated rings. The normalized spacial score (nSPS) is 12.7. The second-order valence-corrected chi connectivity index (χ2v) is 8.50. The Hall–Kier alpha value is -0.610. The van der Waals surface area contributed by atoms with Crippen molar-refractivity contribution in [2.45, 2.75) is 117 Å². The molecule has 0 aliphatic heterocycles. The molecule has 1 N–H and O–H groups in total. The van der Waals surface area contributed by atoms with Crippen LogP contribution in [0.1, 0.15) is 111 Å². The second-order valence-electron chi connectivity index (χ2n) is 8.50. The number of hydrogen-bond acceptors (Lipinski definition) is 4. The zero-order valence-corrected chi connectivity index (χ0v) is 19.4. The van der Waals surface area contributed by atoms with Crippen molar-refractivity contribution in [1.82, 2.24) is 4.90 Å². The Morgan fingerprint density at radius 1 is 0.857 bits per heavy atom. The Morgan fingerprint density at radius 3 is 2.07 bits per heavy atom. The highest BCUT2D eigenvalue weighted by atomic mass is 16.5. The minimum absolute atomic E-state index is 0.00946. The van der Waals surface area contributed by atoms with E-state index in [4.69, 9.17) is 9.84 Å². The summed E-state index contributed by atoms with van der Waals surface area (Å²) in [7, 11) is 0. The maximum absolute atomic E-state index is 12.2. The Bertz CT molecular complexity index is 347. The van der Waals surface area contributed by atoms with Crippen molar-refractivity contribution in [2.24, 2.45) is 5.92 Å². The number of unbranched alkanes of at least 4 members (excludes halogenated alkanes) is 9. The van der Waals surface area contributed by atoms with Gasteiger partial charge in [-0.1, -0.05) is 79.1 Å². The van der Waals surface area contributed by atoms with Crippen LogP contribution in [-0.2, 0) is 9.53 Å². The van der Waals surface area contributed by atoms with Gasteiger partial charge in [-0.2, -0.15) is 0 Å². The molecule has 0 aromatic heterocycles. The van der Waals surface area contributed by atoms with Crippen LogP contribution in [0.4, 0.5) is 0 Å². The molecule has 1 atom stereocenters. The number of aliphatic hydroxyl groups is 1. The number of ether oxygens (including phenoxy) is 1. The van der Waals surface area contributed by atoms with Crippen LogP contribution in [0, 0.1) is 5.92 Å². The van der Waals surface area contributed by atoms with Crippen molar-refractivity contribution in [3.63, 3.8) is 0 Å². The van der Waals surface area contributed by atoms with Gasteiger partial charge in [-0.25, -0.2) is 0 Å². The van der Waals surface area contributed by atoms with Crippen LogP contribution in [0.25, 0.3) is 0 Å². The Kier molecular flexibility index (Phi) is 19.3. The SMILES string of the molecule is CCCCCCCCC(OC(=O)CCCCCCCN(CC)CCO)C(C)C. The Balaban J connectivity index is 3.74. The quantitative estimate of drug-likeness (QED) is 0.203. The summed E-state index contributed by atoms with van der Waals surface area (Å²) in [6.07, 6.45) is 14.9. The molecule has 0 saturated carbocycles. The van der Waals surface area contributed by atoms with Gasteiger partial charge < -0.3 is 14.7 Å². The molecule has 0 bridgehead atoms. The zero-order chi connectivity index (χ0) is 21.0. The summed E-state index contributed by atoms with van der Waals surface area (Å²) in [5, 5.41) is 8.99. The first-order valence-electron chi connectivity index (χ1n) is 12.1. The highest BCUT2D eigenvalue weighted by molar-refractivity contribution is 5.69. The number of likely N-dealkylation sites (N-methyl/N-ethyl adjacent to an activating group) is 1. The van der Waals surface area contributed by atoms with Crippen LogP contribution in [0.5, 0.6) is 0 Å². The predicted octanol–water partition coefficient (Wildman–Crippen LogP) is 5.96. The summed E-state index contributed by atoms with van der Waals surface area (Å²) in [5.41, 5.74) is 0. The van der Waals surface area contributed by atoms with E-state index in [2.05, 4.69) is 32.6 Å². The highest BCUT2D eigenvalue weighted by Gasteiger charge is 2.17. The summed E-state index contributed by atoms with van der Waals surface area (Å²) in [6.45, 7) is 11.8. The van der Waals surface area contributed by atoms with Crippen LogP contribution >= 0.6 is 0 Å². The molecule has 0 amide bonds. The van der Waals surface area contributed by atoms with Gasteiger partial charge in [0.25, 0.3) is 0 Å². The lowest BCUT2D eigenvalue weighted by molar-refractivity contribution is -0.151. The van der Waals surface area contributed by atoms with Gasteiger partial charge in [-0.3, -0.25) is 4.79 Å².